The summed E-state index contributed by atoms with van der Waals surface area (Å²) in [6.07, 6.45) is 0.0471. The molecule has 0 aliphatic rings. The predicted molar refractivity (Wildman–Crippen MR) is 170 cm³/mol. The molecule has 220 valence electrons. The molecule has 1 atom stereocenters. The number of hydrogen-bond donors (Lipinski definition) is 1. The topological polar surface area (TPSA) is 96.8 Å². The zero-order valence-corrected chi connectivity index (χ0v) is 24.9. The molecule has 44 heavy (non-hydrogen) atoms. The maximum absolute atomic E-state index is 13.7. The fourth-order valence-corrected chi connectivity index (χ4v) is 4.85. The van der Waals surface area contributed by atoms with Gasteiger partial charge in [0.15, 0.2) is 11.6 Å². The summed E-state index contributed by atoms with van der Waals surface area (Å²) >= 11 is 6.00. The SMILES string of the molecule is CCOc1ccc(C(=O)c2ccc(C(=O)c3ccc(N(C)c4ccc(Cl)cc4)cn3)cc2C(=O)C(O)c2ccccc2)cc1. The van der Waals surface area contributed by atoms with Crippen LogP contribution in [0.4, 0.5) is 11.4 Å². The monoisotopic (exact) mass is 604 g/mol. The van der Waals surface area contributed by atoms with Crippen LogP contribution in [0.25, 0.3) is 0 Å². The summed E-state index contributed by atoms with van der Waals surface area (Å²) < 4.78 is 5.47. The number of Topliss-reactive ketones (excluding diaryl/α,β-unsaturated/α-hetero) is 1. The van der Waals surface area contributed by atoms with Gasteiger partial charge in [-0.25, -0.2) is 0 Å². The van der Waals surface area contributed by atoms with Crippen LogP contribution in [-0.4, -0.2) is 41.1 Å². The quantitative estimate of drug-likeness (QED) is 0.158. The molecular formula is C36H29ClN2O5. The van der Waals surface area contributed by atoms with E-state index in [4.69, 9.17) is 16.3 Å². The molecule has 0 aliphatic carbocycles. The molecule has 0 saturated carbocycles. The molecule has 0 saturated heterocycles. The van der Waals surface area contributed by atoms with Crippen molar-refractivity contribution in [1.82, 2.24) is 4.98 Å². The molecule has 7 nitrogen and oxygen atoms in total. The highest BCUT2D eigenvalue weighted by atomic mass is 35.5. The third-order valence-electron chi connectivity index (χ3n) is 7.16. The number of hydrogen-bond acceptors (Lipinski definition) is 7. The van der Waals surface area contributed by atoms with Crippen molar-refractivity contribution in [3.8, 4) is 5.75 Å². The zero-order valence-electron chi connectivity index (χ0n) is 24.1. The van der Waals surface area contributed by atoms with Gasteiger partial charge >= 0.3 is 0 Å². The zero-order chi connectivity index (χ0) is 31.2. The van der Waals surface area contributed by atoms with Crippen molar-refractivity contribution in [2.45, 2.75) is 13.0 Å². The standard InChI is InChI=1S/C36H29ClN2O5/c1-3-44-29-17-9-24(10-18-29)33(40)30-19-11-25(21-31(30)36(43)35(42)23-7-5-4-6-8-23)34(41)32-20-16-28(22-38-32)39(2)27-14-12-26(37)13-15-27/h4-22,35,42H,3H2,1-2H3. The molecule has 1 N–H and O–H groups in total. The molecule has 4 aromatic carbocycles. The number of rotatable bonds is 11. The first-order valence-corrected chi connectivity index (χ1v) is 14.3. The molecule has 8 heteroatoms. The molecule has 5 aromatic rings. The molecule has 0 spiro atoms. The number of aromatic nitrogens is 1. The van der Waals surface area contributed by atoms with E-state index >= 15 is 0 Å². The first kappa shape index (κ1) is 30.4. The lowest BCUT2D eigenvalue weighted by molar-refractivity contribution is 0.0744. The molecule has 0 amide bonds. The average Bonchev–Trinajstić information content (AvgIpc) is 3.07. The maximum atomic E-state index is 13.7. The minimum absolute atomic E-state index is 0.0646. The molecule has 5 rings (SSSR count). The number of aliphatic hydroxyl groups is 1. The van der Waals surface area contributed by atoms with Crippen molar-refractivity contribution >= 4 is 40.3 Å². The van der Waals surface area contributed by atoms with Crippen molar-refractivity contribution < 1.29 is 24.2 Å². The Kier molecular flexibility index (Phi) is 9.29. The van der Waals surface area contributed by atoms with Crippen molar-refractivity contribution in [3.63, 3.8) is 0 Å². The van der Waals surface area contributed by atoms with E-state index in [1.807, 2.05) is 31.0 Å². The van der Waals surface area contributed by atoms with Crippen LogP contribution in [0, 0.1) is 0 Å². The Labute approximate surface area is 260 Å². The van der Waals surface area contributed by atoms with Crippen molar-refractivity contribution in [1.29, 1.82) is 0 Å². The number of nitrogens with zero attached hydrogens (tertiary/aromatic N) is 2. The Bertz CT molecular complexity index is 1790. The van der Waals surface area contributed by atoms with Gasteiger partial charge in [-0.3, -0.25) is 19.4 Å². The number of ketones is 3. The van der Waals surface area contributed by atoms with E-state index in [0.29, 0.717) is 28.5 Å². The van der Waals surface area contributed by atoms with Crippen LogP contribution in [-0.2, 0) is 0 Å². The summed E-state index contributed by atoms with van der Waals surface area (Å²) in [5.74, 6) is -0.955. The lowest BCUT2D eigenvalue weighted by Gasteiger charge is -2.19. The highest BCUT2D eigenvalue weighted by Crippen LogP contribution is 2.27. The van der Waals surface area contributed by atoms with Gasteiger partial charge in [0.1, 0.15) is 17.5 Å². The third kappa shape index (κ3) is 6.59. The van der Waals surface area contributed by atoms with Crippen LogP contribution in [0.5, 0.6) is 5.75 Å². The van der Waals surface area contributed by atoms with Crippen LogP contribution in [0.3, 0.4) is 0 Å². The minimum Gasteiger partial charge on any atom is -0.494 e. The van der Waals surface area contributed by atoms with E-state index in [-0.39, 0.29) is 22.4 Å². The minimum atomic E-state index is -1.53. The summed E-state index contributed by atoms with van der Waals surface area (Å²) in [5.41, 5.74) is 2.66. The number of halogens is 1. The second kappa shape index (κ2) is 13.5. The van der Waals surface area contributed by atoms with E-state index in [2.05, 4.69) is 4.98 Å². The van der Waals surface area contributed by atoms with Crippen molar-refractivity contribution in [2.75, 3.05) is 18.6 Å². The second-order valence-corrected chi connectivity index (χ2v) is 10.4. The van der Waals surface area contributed by atoms with E-state index in [1.165, 1.54) is 18.2 Å². The fourth-order valence-electron chi connectivity index (χ4n) is 4.73. The van der Waals surface area contributed by atoms with Gasteiger partial charge in [-0.1, -0.05) is 48.0 Å². The second-order valence-electron chi connectivity index (χ2n) is 9.99. The molecule has 0 aliphatic heterocycles. The van der Waals surface area contributed by atoms with Gasteiger partial charge in [-0.15, -0.1) is 0 Å². The Balaban J connectivity index is 1.48. The van der Waals surface area contributed by atoms with Gasteiger partial charge in [0.05, 0.1) is 18.5 Å². The summed E-state index contributed by atoms with van der Waals surface area (Å²) in [5, 5.41) is 11.6. The Morgan fingerprint density at radius 3 is 2.09 bits per heavy atom. The van der Waals surface area contributed by atoms with Gasteiger partial charge in [0.2, 0.25) is 5.78 Å². The Hall–Kier alpha value is -5.11. The lowest BCUT2D eigenvalue weighted by atomic mass is 9.89. The van der Waals surface area contributed by atoms with Gasteiger partial charge in [-0.2, -0.15) is 0 Å². The smallest absolute Gasteiger partial charge is 0.211 e. The summed E-state index contributed by atoms with van der Waals surface area (Å²) in [6, 6.07) is 30.0. The first-order chi connectivity index (χ1) is 21.3. The summed E-state index contributed by atoms with van der Waals surface area (Å²) in [4.78, 5) is 47.1. The van der Waals surface area contributed by atoms with Crippen LogP contribution in [0.2, 0.25) is 5.02 Å². The van der Waals surface area contributed by atoms with Gasteiger partial charge in [0.25, 0.3) is 0 Å². The van der Waals surface area contributed by atoms with Crippen LogP contribution in [0.1, 0.15) is 60.9 Å². The van der Waals surface area contributed by atoms with E-state index in [0.717, 1.165) is 11.4 Å². The summed E-state index contributed by atoms with van der Waals surface area (Å²) in [6.45, 7) is 2.34. The molecule has 1 aromatic heterocycles. The number of carbonyl (C=O) groups excluding carboxylic acids is 3. The number of carbonyl (C=O) groups is 3. The largest absolute Gasteiger partial charge is 0.494 e. The number of benzene rings is 4. The highest BCUT2D eigenvalue weighted by Gasteiger charge is 2.27. The summed E-state index contributed by atoms with van der Waals surface area (Å²) in [7, 11) is 1.87. The van der Waals surface area contributed by atoms with E-state index in [9.17, 15) is 19.5 Å². The maximum Gasteiger partial charge on any atom is 0.211 e. The number of ether oxygens (including phenoxy) is 1. The van der Waals surface area contributed by atoms with Crippen LogP contribution < -0.4 is 9.64 Å². The van der Waals surface area contributed by atoms with Crippen molar-refractivity contribution in [3.05, 3.63) is 154 Å². The average molecular weight is 605 g/mol. The van der Waals surface area contributed by atoms with Gasteiger partial charge in [-0.05, 0) is 85.3 Å². The fraction of sp³-hybridized carbons (Fsp3) is 0.111. The first-order valence-electron chi connectivity index (χ1n) is 14.0. The Morgan fingerprint density at radius 1 is 0.795 bits per heavy atom. The molecule has 0 fully saturated rings. The number of anilines is 2. The van der Waals surface area contributed by atoms with E-state index < -0.39 is 23.5 Å². The molecular weight excluding hydrogens is 576 g/mol. The number of pyridine rings is 1. The van der Waals surface area contributed by atoms with Crippen LogP contribution >= 0.6 is 11.6 Å². The molecule has 0 radical (unpaired) electrons. The highest BCUT2D eigenvalue weighted by molar-refractivity contribution is 6.30. The molecule has 1 heterocycles. The predicted octanol–water partition coefficient (Wildman–Crippen LogP) is 7.28. The molecule has 0 bridgehead atoms. The normalized spacial score (nSPS) is 11.5. The molecule has 1 unspecified atom stereocenters. The van der Waals surface area contributed by atoms with Crippen molar-refractivity contribution in [2.24, 2.45) is 0 Å². The Morgan fingerprint density at radius 2 is 1.45 bits per heavy atom. The lowest BCUT2D eigenvalue weighted by Crippen LogP contribution is -2.18. The number of aliphatic hydroxyl groups excluding tert-OH is 1. The van der Waals surface area contributed by atoms with E-state index in [1.54, 1.807) is 85.1 Å². The van der Waals surface area contributed by atoms with Gasteiger partial charge in [0, 0.05) is 40.0 Å². The van der Waals surface area contributed by atoms with Gasteiger partial charge < -0.3 is 14.7 Å². The van der Waals surface area contributed by atoms with Crippen LogP contribution in [0.15, 0.2) is 115 Å². The third-order valence-corrected chi connectivity index (χ3v) is 7.42.